The first kappa shape index (κ1) is 35.8. The number of rotatable bonds is 13. The second-order valence-electron chi connectivity index (χ2n) is 12.6. The Morgan fingerprint density at radius 3 is 2.46 bits per heavy atom. The molecule has 1 aromatic carbocycles. The van der Waals surface area contributed by atoms with Gasteiger partial charge in [0.2, 0.25) is 11.8 Å². The van der Waals surface area contributed by atoms with Gasteiger partial charge in [-0.25, -0.2) is 0 Å². The van der Waals surface area contributed by atoms with E-state index in [0.29, 0.717) is 29.5 Å². The van der Waals surface area contributed by atoms with Gasteiger partial charge < -0.3 is 35.6 Å². The van der Waals surface area contributed by atoms with Crippen molar-refractivity contribution in [2.45, 2.75) is 90.4 Å². The van der Waals surface area contributed by atoms with Crippen molar-refractivity contribution < 1.29 is 33.5 Å². The van der Waals surface area contributed by atoms with Gasteiger partial charge >= 0.3 is 0 Å². The summed E-state index contributed by atoms with van der Waals surface area (Å²) in [5.41, 5.74) is -0.170. The predicted octanol–water partition coefficient (Wildman–Crippen LogP) is 2.54. The smallest absolute Gasteiger partial charge is 0.274 e. The Morgan fingerprint density at radius 2 is 1.85 bits per heavy atom. The molecule has 3 rings (SSSR count). The number of nitriles is 1. The molecule has 1 aromatic heterocycles. The van der Waals surface area contributed by atoms with Gasteiger partial charge in [-0.1, -0.05) is 36.6 Å². The second-order valence-corrected chi connectivity index (χ2v) is 12.6. The number of benzene rings is 1. The molecule has 1 fully saturated rings. The summed E-state index contributed by atoms with van der Waals surface area (Å²) in [6, 6.07) is 7.30. The highest BCUT2D eigenvalue weighted by Crippen LogP contribution is 2.23. The lowest BCUT2D eigenvalue weighted by Crippen LogP contribution is -2.58. The Balaban J connectivity index is 1.76. The van der Waals surface area contributed by atoms with Crippen LogP contribution >= 0.6 is 0 Å². The first-order valence-electron chi connectivity index (χ1n) is 15.4. The van der Waals surface area contributed by atoms with Gasteiger partial charge in [0.15, 0.2) is 5.69 Å². The number of hydrogen-bond donors (Lipinski definition) is 5. The van der Waals surface area contributed by atoms with Crippen LogP contribution in [-0.4, -0.2) is 70.8 Å². The van der Waals surface area contributed by atoms with Crippen molar-refractivity contribution in [1.29, 1.82) is 5.26 Å². The predicted molar refractivity (Wildman–Crippen MR) is 169 cm³/mol. The molecule has 1 saturated carbocycles. The molecule has 4 amide bonds. The lowest BCUT2D eigenvalue weighted by Gasteiger charge is -2.26. The van der Waals surface area contributed by atoms with Crippen LogP contribution in [0.2, 0.25) is 0 Å². The molecule has 0 spiro atoms. The Labute approximate surface area is 269 Å². The first-order chi connectivity index (χ1) is 21.8. The summed E-state index contributed by atoms with van der Waals surface area (Å²) in [5, 5.41) is 34.2. The molecule has 1 aliphatic rings. The van der Waals surface area contributed by atoms with E-state index in [1.807, 2.05) is 26.8 Å². The molecule has 5 N–H and O–H groups in total. The maximum Gasteiger partial charge on any atom is 0.274 e. The number of aliphatic hydroxyl groups is 1. The number of hydrogen-bond acceptors (Lipinski definition) is 9. The van der Waals surface area contributed by atoms with E-state index in [2.05, 4.69) is 26.4 Å². The van der Waals surface area contributed by atoms with Crippen LogP contribution in [0.4, 0.5) is 0 Å². The Kier molecular flexibility index (Phi) is 12.9. The minimum Gasteiger partial charge on any atom is -0.491 e. The van der Waals surface area contributed by atoms with Gasteiger partial charge in [-0.2, -0.15) is 5.26 Å². The lowest BCUT2D eigenvalue weighted by molar-refractivity contribution is -0.132. The maximum absolute atomic E-state index is 13.4. The molecule has 1 heterocycles. The van der Waals surface area contributed by atoms with Crippen LogP contribution < -0.4 is 26.0 Å². The molecule has 0 saturated heterocycles. The highest BCUT2D eigenvalue weighted by molar-refractivity contribution is 6.02. The molecule has 1 aliphatic carbocycles. The van der Waals surface area contributed by atoms with E-state index in [-0.39, 0.29) is 17.9 Å². The van der Waals surface area contributed by atoms with Gasteiger partial charge in [0.25, 0.3) is 11.8 Å². The van der Waals surface area contributed by atoms with E-state index in [4.69, 9.17) is 9.26 Å². The van der Waals surface area contributed by atoms with Gasteiger partial charge in [0.1, 0.15) is 41.8 Å². The number of nitrogens with zero attached hydrogens (tertiary/aromatic N) is 2. The monoisotopic (exact) mass is 636 g/mol. The highest BCUT2D eigenvalue weighted by Gasteiger charge is 2.31. The zero-order valence-corrected chi connectivity index (χ0v) is 27.0. The summed E-state index contributed by atoms with van der Waals surface area (Å²) < 4.78 is 10.8. The van der Waals surface area contributed by atoms with Gasteiger partial charge in [0.05, 0.1) is 6.10 Å². The molecule has 0 bridgehead atoms. The summed E-state index contributed by atoms with van der Waals surface area (Å²) in [6.07, 6.45) is 5.49. The normalized spacial score (nSPS) is 15.9. The van der Waals surface area contributed by atoms with Crippen molar-refractivity contribution >= 4 is 29.7 Å². The van der Waals surface area contributed by atoms with E-state index >= 15 is 0 Å². The van der Waals surface area contributed by atoms with Gasteiger partial charge in [0, 0.05) is 18.2 Å². The summed E-state index contributed by atoms with van der Waals surface area (Å²) in [7, 11) is 0. The quantitative estimate of drug-likeness (QED) is 0.162. The average Bonchev–Trinajstić information content (AvgIpc) is 3.45. The molecular formula is C33H44N6O7. The summed E-state index contributed by atoms with van der Waals surface area (Å²) in [6.45, 7) is 8.54. The van der Waals surface area contributed by atoms with Crippen molar-refractivity contribution in [1.82, 2.24) is 26.4 Å². The zero-order valence-electron chi connectivity index (χ0n) is 27.0. The van der Waals surface area contributed by atoms with Gasteiger partial charge in [-0.3, -0.25) is 19.2 Å². The topological polar surface area (TPSA) is 196 Å². The molecule has 13 nitrogen and oxygen atoms in total. The van der Waals surface area contributed by atoms with Gasteiger partial charge in [-0.05, 0) is 77.2 Å². The van der Waals surface area contributed by atoms with Crippen LogP contribution in [-0.2, 0) is 14.4 Å². The van der Waals surface area contributed by atoms with Crippen LogP contribution in [0.5, 0.6) is 5.75 Å². The van der Waals surface area contributed by atoms with Crippen molar-refractivity contribution in [2.24, 2.45) is 5.92 Å². The molecule has 0 radical (unpaired) electrons. The SMILES string of the molecule is Cc1cc(C(=O)NC(C(=O)NC(COc2cccc(C=C(C#N)C(=O)NC(C)(C)C)c2)C(=O)NCC2CCCCC2)C(C)O)no1. The molecular weight excluding hydrogens is 592 g/mol. The molecule has 3 unspecified atom stereocenters. The van der Waals surface area contributed by atoms with E-state index in [1.54, 1.807) is 31.2 Å². The third-order valence-corrected chi connectivity index (χ3v) is 7.27. The first-order valence-corrected chi connectivity index (χ1v) is 15.4. The van der Waals surface area contributed by atoms with Gasteiger partial charge in [-0.15, -0.1) is 0 Å². The number of carbonyl (C=O) groups is 4. The standard InChI is InChI=1S/C33H44N6O7/c1-20-14-26(39-46-20)31(43)37-28(21(2)40)32(44)36-27(30(42)35-18-22-10-7-6-8-11-22)19-45-25-13-9-12-23(16-25)15-24(17-34)29(41)38-33(3,4)5/h9,12-16,21-22,27-28,40H,6-8,10-11,18-19H2,1-5H3,(H,35,42)(H,36,44)(H,37,43)(H,38,41). The number of aromatic nitrogens is 1. The molecule has 13 heteroatoms. The molecule has 0 aliphatic heterocycles. The summed E-state index contributed by atoms with van der Waals surface area (Å²) >= 11 is 0. The van der Waals surface area contributed by atoms with E-state index in [0.717, 1.165) is 25.7 Å². The number of ether oxygens (including phenoxy) is 1. The van der Waals surface area contributed by atoms with Crippen LogP contribution in [0.25, 0.3) is 6.08 Å². The van der Waals surface area contributed by atoms with Crippen LogP contribution in [0.15, 0.2) is 40.4 Å². The number of aliphatic hydroxyl groups excluding tert-OH is 1. The Hall–Kier alpha value is -4.70. The summed E-state index contributed by atoms with van der Waals surface area (Å²) in [4.78, 5) is 51.8. The fraction of sp³-hybridized carbons (Fsp3) is 0.515. The Bertz CT molecular complexity index is 1450. The maximum atomic E-state index is 13.4. The molecule has 2 aromatic rings. The third-order valence-electron chi connectivity index (χ3n) is 7.27. The van der Waals surface area contributed by atoms with E-state index in [9.17, 15) is 29.5 Å². The lowest BCUT2D eigenvalue weighted by atomic mass is 9.89. The van der Waals surface area contributed by atoms with Crippen molar-refractivity contribution in [3.8, 4) is 11.8 Å². The highest BCUT2D eigenvalue weighted by atomic mass is 16.5. The Morgan fingerprint density at radius 1 is 1.13 bits per heavy atom. The van der Waals surface area contributed by atoms with Crippen LogP contribution in [0.3, 0.4) is 0 Å². The largest absolute Gasteiger partial charge is 0.491 e. The summed E-state index contributed by atoms with van der Waals surface area (Å²) in [5.74, 6) is -1.48. The number of carbonyl (C=O) groups excluding carboxylic acids is 4. The fourth-order valence-electron chi connectivity index (χ4n) is 4.89. The minimum absolute atomic E-state index is 0.0644. The minimum atomic E-state index is -1.41. The average molecular weight is 637 g/mol. The van der Waals surface area contributed by atoms with E-state index < -0.39 is 47.4 Å². The molecule has 248 valence electrons. The number of nitrogens with one attached hydrogen (secondary N) is 4. The fourth-order valence-corrected chi connectivity index (χ4v) is 4.89. The van der Waals surface area contributed by atoms with Crippen molar-refractivity contribution in [2.75, 3.05) is 13.2 Å². The van der Waals surface area contributed by atoms with Crippen LogP contribution in [0, 0.1) is 24.2 Å². The molecule has 46 heavy (non-hydrogen) atoms. The van der Waals surface area contributed by atoms with Crippen molar-refractivity contribution in [3.63, 3.8) is 0 Å². The van der Waals surface area contributed by atoms with Crippen molar-refractivity contribution in [3.05, 3.63) is 52.9 Å². The van der Waals surface area contributed by atoms with E-state index in [1.165, 1.54) is 25.5 Å². The number of aryl methyl sites for hydroxylation is 1. The third kappa shape index (κ3) is 11.3. The zero-order chi connectivity index (χ0) is 33.9. The number of amides is 4. The van der Waals surface area contributed by atoms with Crippen LogP contribution in [0.1, 0.15) is 81.6 Å². The molecule has 3 atom stereocenters. The second kappa shape index (κ2) is 16.6.